The van der Waals surface area contributed by atoms with Crippen LogP contribution in [0.5, 0.6) is 0 Å². The van der Waals surface area contributed by atoms with Crippen LogP contribution in [-0.4, -0.2) is 6.54 Å². The Labute approximate surface area is 127 Å². The van der Waals surface area contributed by atoms with E-state index >= 15 is 0 Å². The maximum Gasteiger partial charge on any atom is 0.123 e. The van der Waals surface area contributed by atoms with E-state index in [0.29, 0.717) is 0 Å². The van der Waals surface area contributed by atoms with Crippen LogP contribution < -0.4 is 5.32 Å². The zero-order valence-corrected chi connectivity index (χ0v) is 13.4. The Morgan fingerprint density at radius 2 is 1.62 bits per heavy atom. The predicted octanol–water partition coefficient (Wildman–Crippen LogP) is 4.92. The summed E-state index contributed by atoms with van der Waals surface area (Å²) in [6.45, 7) is 10.2. The van der Waals surface area contributed by atoms with Gasteiger partial charge in [-0.05, 0) is 79.3 Å². The standard InChI is InChI=1S/C19H24FN/c1-5-8-21-12-16-6-7-17(20)11-19(16)18-10-14(3)13(2)9-15(18)4/h6-7,9-11,21H,5,8,12H2,1-4H3. The van der Waals surface area contributed by atoms with Crippen molar-refractivity contribution in [3.63, 3.8) is 0 Å². The number of hydrogen-bond donors (Lipinski definition) is 1. The van der Waals surface area contributed by atoms with E-state index in [1.807, 2.05) is 6.07 Å². The first kappa shape index (κ1) is 15.7. The summed E-state index contributed by atoms with van der Waals surface area (Å²) in [5, 5.41) is 3.40. The second-order valence-corrected chi connectivity index (χ2v) is 5.73. The van der Waals surface area contributed by atoms with Gasteiger partial charge in [0.05, 0.1) is 0 Å². The Balaban J connectivity index is 2.46. The van der Waals surface area contributed by atoms with Crippen LogP contribution in [0.15, 0.2) is 30.3 Å². The van der Waals surface area contributed by atoms with Gasteiger partial charge in [-0.2, -0.15) is 0 Å². The first-order valence-corrected chi connectivity index (χ1v) is 7.60. The highest BCUT2D eigenvalue weighted by molar-refractivity contribution is 5.72. The minimum Gasteiger partial charge on any atom is -0.313 e. The Bertz CT molecular complexity index is 632. The van der Waals surface area contributed by atoms with Gasteiger partial charge in [-0.3, -0.25) is 0 Å². The van der Waals surface area contributed by atoms with Crippen molar-refractivity contribution in [1.29, 1.82) is 0 Å². The monoisotopic (exact) mass is 285 g/mol. The quantitative estimate of drug-likeness (QED) is 0.769. The summed E-state index contributed by atoms with van der Waals surface area (Å²) < 4.78 is 13.7. The first-order chi connectivity index (χ1) is 10.0. The molecule has 0 saturated carbocycles. The number of benzene rings is 2. The molecule has 0 heterocycles. The minimum absolute atomic E-state index is 0.179. The van der Waals surface area contributed by atoms with Crippen LogP contribution in [0.25, 0.3) is 11.1 Å². The molecule has 2 aromatic rings. The molecule has 112 valence electrons. The summed E-state index contributed by atoms with van der Waals surface area (Å²) in [5.41, 5.74) is 6.99. The third-order valence-corrected chi connectivity index (χ3v) is 3.95. The van der Waals surface area contributed by atoms with Crippen LogP contribution in [-0.2, 0) is 6.54 Å². The minimum atomic E-state index is -0.179. The smallest absolute Gasteiger partial charge is 0.123 e. The average molecular weight is 285 g/mol. The zero-order valence-electron chi connectivity index (χ0n) is 13.4. The van der Waals surface area contributed by atoms with Gasteiger partial charge in [0.2, 0.25) is 0 Å². The highest BCUT2D eigenvalue weighted by Gasteiger charge is 2.10. The second kappa shape index (κ2) is 6.86. The van der Waals surface area contributed by atoms with Gasteiger partial charge < -0.3 is 5.32 Å². The molecule has 0 fully saturated rings. The Morgan fingerprint density at radius 1 is 0.905 bits per heavy atom. The summed E-state index contributed by atoms with van der Waals surface area (Å²) in [6.07, 6.45) is 1.10. The zero-order chi connectivity index (χ0) is 15.4. The molecule has 0 saturated heterocycles. The van der Waals surface area contributed by atoms with Gasteiger partial charge in [0.15, 0.2) is 0 Å². The first-order valence-electron chi connectivity index (χ1n) is 7.60. The molecule has 0 aromatic heterocycles. The summed E-state index contributed by atoms with van der Waals surface area (Å²) in [6, 6.07) is 9.44. The van der Waals surface area contributed by atoms with E-state index in [9.17, 15) is 4.39 Å². The Hall–Kier alpha value is -1.67. The molecule has 2 aromatic carbocycles. The summed E-state index contributed by atoms with van der Waals surface area (Å²) in [4.78, 5) is 0. The Kier molecular flexibility index (Phi) is 5.13. The number of nitrogens with one attached hydrogen (secondary N) is 1. The van der Waals surface area contributed by atoms with E-state index < -0.39 is 0 Å². The van der Waals surface area contributed by atoms with Gasteiger partial charge in [-0.15, -0.1) is 0 Å². The van der Waals surface area contributed by atoms with E-state index in [-0.39, 0.29) is 5.82 Å². The number of aryl methyl sites for hydroxylation is 3. The van der Waals surface area contributed by atoms with Crippen molar-refractivity contribution in [3.05, 3.63) is 58.4 Å². The molecule has 0 bridgehead atoms. The van der Waals surface area contributed by atoms with Crippen molar-refractivity contribution in [2.24, 2.45) is 0 Å². The lowest BCUT2D eigenvalue weighted by atomic mass is 9.92. The maximum atomic E-state index is 13.7. The van der Waals surface area contributed by atoms with Crippen LogP contribution in [0.1, 0.15) is 35.6 Å². The molecule has 1 N–H and O–H groups in total. The van der Waals surface area contributed by atoms with Crippen molar-refractivity contribution in [1.82, 2.24) is 5.32 Å². The molecule has 21 heavy (non-hydrogen) atoms. The summed E-state index contributed by atoms with van der Waals surface area (Å²) >= 11 is 0. The fraction of sp³-hybridized carbons (Fsp3) is 0.368. The molecule has 0 radical (unpaired) electrons. The molecule has 0 aliphatic heterocycles. The van der Waals surface area contributed by atoms with E-state index in [0.717, 1.165) is 36.2 Å². The third-order valence-electron chi connectivity index (χ3n) is 3.95. The van der Waals surface area contributed by atoms with Gasteiger partial charge in [0.1, 0.15) is 5.82 Å². The number of rotatable bonds is 5. The van der Waals surface area contributed by atoms with Gasteiger partial charge in [0, 0.05) is 6.54 Å². The lowest BCUT2D eigenvalue weighted by molar-refractivity contribution is 0.625. The van der Waals surface area contributed by atoms with Crippen LogP contribution in [0, 0.1) is 26.6 Å². The van der Waals surface area contributed by atoms with Crippen LogP contribution in [0.3, 0.4) is 0 Å². The molecular formula is C19H24FN. The predicted molar refractivity (Wildman–Crippen MR) is 88.0 cm³/mol. The van der Waals surface area contributed by atoms with Gasteiger partial charge in [-0.25, -0.2) is 4.39 Å². The fourth-order valence-electron chi connectivity index (χ4n) is 2.60. The van der Waals surface area contributed by atoms with Gasteiger partial charge >= 0.3 is 0 Å². The van der Waals surface area contributed by atoms with Crippen molar-refractivity contribution < 1.29 is 4.39 Å². The topological polar surface area (TPSA) is 12.0 Å². The highest BCUT2D eigenvalue weighted by atomic mass is 19.1. The molecule has 2 rings (SSSR count). The molecule has 0 unspecified atom stereocenters. The normalized spacial score (nSPS) is 10.9. The fourth-order valence-corrected chi connectivity index (χ4v) is 2.60. The van der Waals surface area contributed by atoms with E-state index in [1.165, 1.54) is 16.7 Å². The van der Waals surface area contributed by atoms with Crippen LogP contribution in [0.2, 0.25) is 0 Å². The summed E-state index contributed by atoms with van der Waals surface area (Å²) in [5.74, 6) is -0.179. The molecule has 0 atom stereocenters. The van der Waals surface area contributed by atoms with Gasteiger partial charge in [0.25, 0.3) is 0 Å². The van der Waals surface area contributed by atoms with Crippen molar-refractivity contribution in [2.75, 3.05) is 6.54 Å². The molecule has 0 spiro atoms. The van der Waals surface area contributed by atoms with Crippen LogP contribution >= 0.6 is 0 Å². The van der Waals surface area contributed by atoms with E-state index in [1.54, 1.807) is 12.1 Å². The molecule has 0 aliphatic carbocycles. The third kappa shape index (κ3) is 3.70. The molecule has 1 nitrogen and oxygen atoms in total. The van der Waals surface area contributed by atoms with Gasteiger partial charge in [-0.1, -0.05) is 25.1 Å². The second-order valence-electron chi connectivity index (χ2n) is 5.73. The summed E-state index contributed by atoms with van der Waals surface area (Å²) in [7, 11) is 0. The lowest BCUT2D eigenvalue weighted by Gasteiger charge is -2.15. The van der Waals surface area contributed by atoms with Crippen molar-refractivity contribution in [3.8, 4) is 11.1 Å². The van der Waals surface area contributed by atoms with E-state index in [2.05, 4.69) is 45.1 Å². The van der Waals surface area contributed by atoms with Crippen molar-refractivity contribution in [2.45, 2.75) is 40.7 Å². The maximum absolute atomic E-state index is 13.7. The average Bonchev–Trinajstić information content (AvgIpc) is 2.45. The van der Waals surface area contributed by atoms with E-state index in [4.69, 9.17) is 0 Å². The van der Waals surface area contributed by atoms with Crippen molar-refractivity contribution >= 4 is 0 Å². The highest BCUT2D eigenvalue weighted by Crippen LogP contribution is 2.30. The molecule has 0 amide bonds. The SMILES string of the molecule is CCCNCc1ccc(F)cc1-c1cc(C)c(C)cc1C. The number of halogens is 1. The molecular weight excluding hydrogens is 261 g/mol. The lowest BCUT2D eigenvalue weighted by Crippen LogP contribution is -2.14. The molecule has 0 aliphatic rings. The molecule has 2 heteroatoms. The largest absolute Gasteiger partial charge is 0.313 e. The number of hydrogen-bond acceptors (Lipinski definition) is 1. The Morgan fingerprint density at radius 3 is 2.33 bits per heavy atom. The van der Waals surface area contributed by atoms with Crippen LogP contribution in [0.4, 0.5) is 4.39 Å².